The molecule has 2 aliphatic carbocycles. The summed E-state index contributed by atoms with van der Waals surface area (Å²) >= 11 is 0. The van der Waals surface area contributed by atoms with Crippen molar-refractivity contribution in [2.45, 2.75) is 31.6 Å². The number of fused-ring (bicyclic) bond motifs is 5. The maximum absolute atomic E-state index is 13.7. The van der Waals surface area contributed by atoms with E-state index in [4.69, 9.17) is 9.72 Å². The SMILES string of the molecule is O=C(COC(=O)c1c2c(nc3ccccc13)CC[C@@H](c1ccccc1)C2)c1ccc2c(c1)-c1ccccc1C2. The summed E-state index contributed by atoms with van der Waals surface area (Å²) in [5.41, 5.74) is 9.80. The highest BCUT2D eigenvalue weighted by Gasteiger charge is 2.29. The predicted octanol–water partition coefficient (Wildman–Crippen LogP) is 7.12. The van der Waals surface area contributed by atoms with Crippen LogP contribution < -0.4 is 0 Å². The lowest BCUT2D eigenvalue weighted by Crippen LogP contribution is -2.21. The number of ketones is 1. The fraction of sp³-hybridized carbons (Fsp3) is 0.171. The zero-order valence-corrected chi connectivity index (χ0v) is 21.5. The molecule has 0 saturated heterocycles. The van der Waals surface area contributed by atoms with Gasteiger partial charge in [0.25, 0.3) is 0 Å². The van der Waals surface area contributed by atoms with Gasteiger partial charge in [-0.1, -0.05) is 84.9 Å². The first kappa shape index (κ1) is 23.5. The summed E-state index contributed by atoms with van der Waals surface area (Å²) in [6.07, 6.45) is 3.38. The summed E-state index contributed by atoms with van der Waals surface area (Å²) in [5.74, 6) is -0.354. The van der Waals surface area contributed by atoms with E-state index >= 15 is 0 Å². The minimum atomic E-state index is -0.460. The van der Waals surface area contributed by atoms with Crippen LogP contribution in [0.1, 0.15) is 61.0 Å². The van der Waals surface area contributed by atoms with Crippen molar-refractivity contribution in [3.05, 3.63) is 136 Å². The van der Waals surface area contributed by atoms with E-state index in [1.807, 2.05) is 60.7 Å². The molecule has 0 amide bonds. The molecule has 1 heterocycles. The Morgan fingerprint density at radius 3 is 2.49 bits per heavy atom. The minimum Gasteiger partial charge on any atom is -0.454 e. The molecular weight excluding hydrogens is 482 g/mol. The molecule has 0 fully saturated rings. The van der Waals surface area contributed by atoms with Gasteiger partial charge in [-0.05, 0) is 77.1 Å². The fourth-order valence-electron chi connectivity index (χ4n) is 6.21. The molecule has 39 heavy (non-hydrogen) atoms. The number of aromatic nitrogens is 1. The van der Waals surface area contributed by atoms with E-state index < -0.39 is 5.97 Å². The van der Waals surface area contributed by atoms with Crippen LogP contribution in [0.4, 0.5) is 0 Å². The van der Waals surface area contributed by atoms with Crippen molar-refractivity contribution < 1.29 is 14.3 Å². The van der Waals surface area contributed by atoms with Crippen LogP contribution in [-0.2, 0) is 24.0 Å². The van der Waals surface area contributed by atoms with E-state index in [0.717, 1.165) is 53.4 Å². The monoisotopic (exact) mass is 509 g/mol. The summed E-state index contributed by atoms with van der Waals surface area (Å²) in [4.78, 5) is 31.8. The van der Waals surface area contributed by atoms with E-state index in [9.17, 15) is 9.59 Å². The highest BCUT2D eigenvalue weighted by Crippen LogP contribution is 2.38. The number of carbonyl (C=O) groups is 2. The number of pyridine rings is 1. The number of esters is 1. The summed E-state index contributed by atoms with van der Waals surface area (Å²) < 4.78 is 5.73. The van der Waals surface area contributed by atoms with Gasteiger partial charge in [0.05, 0.1) is 11.1 Å². The highest BCUT2D eigenvalue weighted by molar-refractivity contribution is 6.07. The van der Waals surface area contributed by atoms with Gasteiger partial charge in [-0.25, -0.2) is 4.79 Å². The Hall–Kier alpha value is -4.57. The molecule has 0 spiro atoms. The van der Waals surface area contributed by atoms with Gasteiger partial charge in [-0.15, -0.1) is 0 Å². The molecule has 4 aromatic carbocycles. The normalized spacial score (nSPS) is 15.3. The van der Waals surface area contributed by atoms with Gasteiger partial charge in [0.1, 0.15) is 0 Å². The molecule has 0 bridgehead atoms. The number of Topliss-reactive ketones (excluding diaryl/α,β-unsaturated/α-hetero) is 1. The second-order valence-electron chi connectivity index (χ2n) is 10.5. The van der Waals surface area contributed by atoms with Crippen LogP contribution in [0.5, 0.6) is 0 Å². The quantitative estimate of drug-likeness (QED) is 0.183. The number of para-hydroxylation sites is 1. The zero-order chi connectivity index (χ0) is 26.3. The van der Waals surface area contributed by atoms with Crippen LogP contribution >= 0.6 is 0 Å². The van der Waals surface area contributed by atoms with Crippen molar-refractivity contribution in [1.82, 2.24) is 4.98 Å². The van der Waals surface area contributed by atoms with Crippen LogP contribution in [-0.4, -0.2) is 23.3 Å². The lowest BCUT2D eigenvalue weighted by Gasteiger charge is -2.27. The maximum atomic E-state index is 13.7. The van der Waals surface area contributed by atoms with Crippen molar-refractivity contribution in [2.24, 2.45) is 0 Å². The Morgan fingerprint density at radius 2 is 1.59 bits per heavy atom. The number of rotatable bonds is 5. The average molecular weight is 510 g/mol. The fourth-order valence-corrected chi connectivity index (χ4v) is 6.21. The number of nitrogens with zero attached hydrogens (tertiary/aromatic N) is 1. The van der Waals surface area contributed by atoms with Gasteiger partial charge in [-0.3, -0.25) is 9.78 Å². The number of hydrogen-bond acceptors (Lipinski definition) is 4. The molecule has 0 aliphatic heterocycles. The van der Waals surface area contributed by atoms with Gasteiger partial charge >= 0.3 is 5.97 Å². The van der Waals surface area contributed by atoms with E-state index in [-0.39, 0.29) is 12.4 Å². The Balaban J connectivity index is 1.17. The van der Waals surface area contributed by atoms with Gasteiger partial charge in [0.2, 0.25) is 0 Å². The number of ether oxygens (including phenoxy) is 1. The lowest BCUT2D eigenvalue weighted by molar-refractivity contribution is 0.0475. The molecule has 1 atom stereocenters. The van der Waals surface area contributed by atoms with E-state index in [1.165, 1.54) is 22.3 Å². The largest absolute Gasteiger partial charge is 0.454 e. The standard InChI is InChI=1S/C35H27NO3/c37-33(26-15-14-25-18-24-10-4-5-11-27(24)29(25)20-26)21-39-35(38)34-28-12-6-7-13-31(28)36-32-17-16-23(19-30(32)34)22-8-2-1-3-9-22/h1-15,20,23H,16-19,21H2/t23-/m1/s1. The first-order valence-electron chi connectivity index (χ1n) is 13.5. The summed E-state index contributed by atoms with van der Waals surface area (Å²) in [5, 5.41) is 0.775. The van der Waals surface area contributed by atoms with Crippen molar-refractivity contribution >= 4 is 22.7 Å². The summed E-state index contributed by atoms with van der Waals surface area (Å²) in [7, 11) is 0. The Kier molecular flexibility index (Phi) is 5.81. The number of carbonyl (C=O) groups excluding carboxylic acids is 2. The Morgan fingerprint density at radius 1 is 0.821 bits per heavy atom. The molecule has 4 heteroatoms. The van der Waals surface area contributed by atoms with Gasteiger partial charge in [0.15, 0.2) is 12.4 Å². The lowest BCUT2D eigenvalue weighted by atomic mass is 9.80. The second kappa shape index (κ2) is 9.63. The summed E-state index contributed by atoms with van der Waals surface area (Å²) in [6, 6.07) is 32.2. The smallest absolute Gasteiger partial charge is 0.339 e. The van der Waals surface area contributed by atoms with Crippen LogP contribution in [0.25, 0.3) is 22.0 Å². The van der Waals surface area contributed by atoms with E-state index in [1.54, 1.807) is 0 Å². The van der Waals surface area contributed by atoms with Gasteiger partial charge < -0.3 is 4.74 Å². The molecule has 2 aliphatic rings. The minimum absolute atomic E-state index is 0.204. The summed E-state index contributed by atoms with van der Waals surface area (Å²) in [6.45, 7) is -0.299. The van der Waals surface area contributed by atoms with Crippen LogP contribution in [0.15, 0.2) is 97.1 Å². The molecule has 0 unspecified atom stereocenters. The Labute approximate surface area is 227 Å². The molecule has 190 valence electrons. The third-order valence-corrected chi connectivity index (χ3v) is 8.19. The third kappa shape index (κ3) is 4.22. The number of aryl methyl sites for hydroxylation is 1. The average Bonchev–Trinajstić information content (AvgIpc) is 3.36. The first-order chi connectivity index (χ1) is 19.2. The molecule has 0 radical (unpaired) electrons. The van der Waals surface area contributed by atoms with E-state index in [2.05, 4.69) is 36.4 Å². The maximum Gasteiger partial charge on any atom is 0.339 e. The molecular formula is C35H27NO3. The molecule has 4 nitrogen and oxygen atoms in total. The van der Waals surface area contributed by atoms with Crippen molar-refractivity contribution in [3.63, 3.8) is 0 Å². The second-order valence-corrected chi connectivity index (χ2v) is 10.5. The van der Waals surface area contributed by atoms with Crippen LogP contribution in [0.3, 0.4) is 0 Å². The van der Waals surface area contributed by atoms with Gasteiger partial charge in [-0.2, -0.15) is 0 Å². The number of hydrogen-bond donors (Lipinski definition) is 0. The van der Waals surface area contributed by atoms with Crippen molar-refractivity contribution in [1.29, 1.82) is 0 Å². The van der Waals surface area contributed by atoms with E-state index in [0.29, 0.717) is 17.0 Å². The third-order valence-electron chi connectivity index (χ3n) is 8.19. The molecule has 0 N–H and O–H groups in total. The molecule has 0 saturated carbocycles. The molecule has 1 aromatic heterocycles. The highest BCUT2D eigenvalue weighted by atomic mass is 16.5. The van der Waals surface area contributed by atoms with Crippen molar-refractivity contribution in [3.8, 4) is 11.1 Å². The first-order valence-corrected chi connectivity index (χ1v) is 13.5. The van der Waals surface area contributed by atoms with Crippen LogP contribution in [0.2, 0.25) is 0 Å². The topological polar surface area (TPSA) is 56.3 Å². The molecule has 7 rings (SSSR count). The van der Waals surface area contributed by atoms with Gasteiger partial charge in [0, 0.05) is 16.6 Å². The van der Waals surface area contributed by atoms with Crippen LogP contribution in [0, 0.1) is 0 Å². The predicted molar refractivity (Wildman–Crippen MR) is 152 cm³/mol. The zero-order valence-electron chi connectivity index (χ0n) is 21.5. The molecule has 5 aromatic rings. The van der Waals surface area contributed by atoms with Crippen molar-refractivity contribution in [2.75, 3.05) is 6.61 Å². The number of benzene rings is 4. The Bertz CT molecular complexity index is 1760.